The maximum atomic E-state index is 13.6. The molecule has 0 saturated carbocycles. The van der Waals surface area contributed by atoms with Gasteiger partial charge in [0, 0.05) is 29.5 Å². The zero-order chi connectivity index (χ0) is 14.7. The summed E-state index contributed by atoms with van der Waals surface area (Å²) in [5.74, 6) is -2.01. The van der Waals surface area contributed by atoms with Crippen molar-refractivity contribution in [3.8, 4) is 0 Å². The average Bonchev–Trinajstić information content (AvgIpc) is 2.36. The Labute approximate surface area is 120 Å². The van der Waals surface area contributed by atoms with Crippen LogP contribution in [0.25, 0.3) is 0 Å². The molecule has 0 saturated heterocycles. The van der Waals surface area contributed by atoms with Crippen molar-refractivity contribution in [2.24, 2.45) is 0 Å². The van der Waals surface area contributed by atoms with Gasteiger partial charge < -0.3 is 5.32 Å². The van der Waals surface area contributed by atoms with E-state index in [0.29, 0.717) is 17.7 Å². The van der Waals surface area contributed by atoms with Crippen LogP contribution in [0.4, 0.5) is 20.2 Å². The normalized spacial score (nSPS) is 10.3. The van der Waals surface area contributed by atoms with Crippen molar-refractivity contribution >= 4 is 27.3 Å². The third-order valence-electron chi connectivity index (χ3n) is 2.46. The summed E-state index contributed by atoms with van der Waals surface area (Å²) >= 11 is 3.23. The first-order valence-corrected chi connectivity index (χ1v) is 6.23. The predicted octanol–water partition coefficient (Wildman–Crippen LogP) is 3.64. The number of aromatic nitrogens is 1. The number of nitro benzene ring substituents is 1. The number of anilines is 1. The highest BCUT2D eigenvalue weighted by molar-refractivity contribution is 9.10. The summed E-state index contributed by atoms with van der Waals surface area (Å²) in [6.07, 6.45) is 3.11. The number of benzene rings is 1. The molecule has 1 N–H and O–H groups in total. The molecule has 2 aromatic rings. The summed E-state index contributed by atoms with van der Waals surface area (Å²) in [6, 6.07) is 2.99. The molecule has 0 atom stereocenters. The summed E-state index contributed by atoms with van der Waals surface area (Å²) in [4.78, 5) is 13.9. The molecule has 5 nitrogen and oxygen atoms in total. The van der Waals surface area contributed by atoms with Crippen LogP contribution in [0.15, 0.2) is 35.1 Å². The smallest absolute Gasteiger partial charge is 0.298 e. The van der Waals surface area contributed by atoms with Crippen LogP contribution in [0.1, 0.15) is 5.56 Å². The van der Waals surface area contributed by atoms with Crippen LogP contribution in [0, 0.1) is 21.7 Å². The zero-order valence-electron chi connectivity index (χ0n) is 9.94. The maximum absolute atomic E-state index is 13.6. The molecule has 1 aromatic heterocycles. The molecule has 2 rings (SSSR count). The topological polar surface area (TPSA) is 68.1 Å². The molecule has 0 radical (unpaired) electrons. The van der Waals surface area contributed by atoms with E-state index in [4.69, 9.17) is 0 Å². The van der Waals surface area contributed by atoms with E-state index >= 15 is 0 Å². The second kappa shape index (κ2) is 5.91. The summed E-state index contributed by atoms with van der Waals surface area (Å²) in [7, 11) is 0. The van der Waals surface area contributed by atoms with Gasteiger partial charge >= 0.3 is 0 Å². The quantitative estimate of drug-likeness (QED) is 0.679. The number of nitrogens with zero attached hydrogens (tertiary/aromatic N) is 2. The minimum Gasteiger partial charge on any atom is -0.373 e. The number of rotatable bonds is 4. The van der Waals surface area contributed by atoms with Gasteiger partial charge in [0.05, 0.1) is 11.0 Å². The first-order chi connectivity index (χ1) is 9.47. The molecule has 104 valence electrons. The van der Waals surface area contributed by atoms with E-state index in [9.17, 15) is 18.9 Å². The lowest BCUT2D eigenvalue weighted by Crippen LogP contribution is -2.06. The van der Waals surface area contributed by atoms with E-state index in [1.165, 1.54) is 6.20 Å². The second-order valence-electron chi connectivity index (χ2n) is 3.90. The number of pyridine rings is 1. The van der Waals surface area contributed by atoms with Gasteiger partial charge in [0.25, 0.3) is 5.69 Å². The molecule has 0 spiro atoms. The van der Waals surface area contributed by atoms with Crippen molar-refractivity contribution in [3.63, 3.8) is 0 Å². The van der Waals surface area contributed by atoms with Gasteiger partial charge in [-0.2, -0.15) is 0 Å². The van der Waals surface area contributed by atoms with Crippen LogP contribution < -0.4 is 5.32 Å². The molecule has 0 aliphatic rings. The first kappa shape index (κ1) is 14.3. The maximum Gasteiger partial charge on any atom is 0.298 e. The zero-order valence-corrected chi connectivity index (χ0v) is 11.5. The number of nitrogens with one attached hydrogen (secondary N) is 1. The Morgan fingerprint density at radius 2 is 2.05 bits per heavy atom. The lowest BCUT2D eigenvalue weighted by Gasteiger charge is -2.08. The molecule has 0 fully saturated rings. The van der Waals surface area contributed by atoms with Crippen LogP contribution in [0.2, 0.25) is 0 Å². The Morgan fingerprint density at radius 1 is 1.30 bits per heavy atom. The Balaban J connectivity index is 2.27. The van der Waals surface area contributed by atoms with Crippen molar-refractivity contribution in [2.75, 3.05) is 5.32 Å². The van der Waals surface area contributed by atoms with E-state index in [-0.39, 0.29) is 12.2 Å². The molecule has 0 bridgehead atoms. The predicted molar refractivity (Wildman–Crippen MR) is 72.3 cm³/mol. The molecule has 1 aromatic carbocycles. The van der Waals surface area contributed by atoms with Crippen LogP contribution in [0.3, 0.4) is 0 Å². The Hall–Kier alpha value is -2.09. The average molecular weight is 344 g/mol. The highest BCUT2D eigenvalue weighted by atomic mass is 79.9. The van der Waals surface area contributed by atoms with E-state index in [2.05, 4.69) is 26.2 Å². The van der Waals surface area contributed by atoms with Gasteiger partial charge in [-0.05, 0) is 27.6 Å². The van der Waals surface area contributed by atoms with Crippen LogP contribution in [0.5, 0.6) is 0 Å². The summed E-state index contributed by atoms with van der Waals surface area (Å²) in [5, 5.41) is 13.4. The third kappa shape index (κ3) is 3.27. The third-order valence-corrected chi connectivity index (χ3v) is 2.90. The van der Waals surface area contributed by atoms with Gasteiger partial charge in [-0.25, -0.2) is 8.78 Å². The van der Waals surface area contributed by atoms with E-state index < -0.39 is 22.2 Å². The van der Waals surface area contributed by atoms with Gasteiger partial charge in [-0.3, -0.25) is 15.1 Å². The molecular formula is C12H8BrF2N3O2. The second-order valence-corrected chi connectivity index (χ2v) is 4.82. The lowest BCUT2D eigenvalue weighted by molar-refractivity contribution is -0.384. The fourth-order valence-corrected chi connectivity index (χ4v) is 2.03. The minimum atomic E-state index is -1.01. The number of nitro groups is 1. The van der Waals surface area contributed by atoms with Crippen molar-refractivity contribution in [1.29, 1.82) is 0 Å². The number of hydrogen-bond donors (Lipinski definition) is 1. The van der Waals surface area contributed by atoms with Crippen molar-refractivity contribution in [1.82, 2.24) is 4.98 Å². The molecular weight excluding hydrogens is 336 g/mol. The Kier molecular flexibility index (Phi) is 4.23. The van der Waals surface area contributed by atoms with E-state index in [1.807, 2.05) is 0 Å². The molecule has 0 aliphatic heterocycles. The van der Waals surface area contributed by atoms with Gasteiger partial charge in [-0.15, -0.1) is 0 Å². The van der Waals surface area contributed by atoms with Crippen molar-refractivity contribution in [2.45, 2.75) is 6.54 Å². The van der Waals surface area contributed by atoms with Crippen LogP contribution in [-0.2, 0) is 6.54 Å². The fraction of sp³-hybridized carbons (Fsp3) is 0.0833. The highest BCUT2D eigenvalue weighted by Gasteiger charge is 2.20. The van der Waals surface area contributed by atoms with Gasteiger partial charge in [0.2, 0.25) is 0 Å². The van der Waals surface area contributed by atoms with E-state index in [0.717, 1.165) is 4.47 Å². The van der Waals surface area contributed by atoms with Crippen molar-refractivity contribution in [3.05, 3.63) is 62.4 Å². The van der Waals surface area contributed by atoms with Gasteiger partial charge in [0.15, 0.2) is 5.82 Å². The van der Waals surface area contributed by atoms with Gasteiger partial charge in [0.1, 0.15) is 11.5 Å². The monoisotopic (exact) mass is 343 g/mol. The molecule has 1 heterocycles. The van der Waals surface area contributed by atoms with Crippen molar-refractivity contribution < 1.29 is 13.7 Å². The molecule has 0 aliphatic carbocycles. The minimum absolute atomic E-state index is 0.121. The Bertz CT molecular complexity index is 667. The Morgan fingerprint density at radius 3 is 2.70 bits per heavy atom. The number of hydrogen-bond acceptors (Lipinski definition) is 4. The molecule has 20 heavy (non-hydrogen) atoms. The first-order valence-electron chi connectivity index (χ1n) is 5.44. The summed E-state index contributed by atoms with van der Waals surface area (Å²) in [6.45, 7) is 0.121. The van der Waals surface area contributed by atoms with Gasteiger partial charge in [-0.1, -0.05) is 0 Å². The lowest BCUT2D eigenvalue weighted by atomic mass is 10.2. The van der Waals surface area contributed by atoms with Crippen LogP contribution in [-0.4, -0.2) is 9.91 Å². The summed E-state index contributed by atoms with van der Waals surface area (Å²) < 4.78 is 27.3. The molecule has 0 unspecified atom stereocenters. The van der Waals surface area contributed by atoms with E-state index in [1.54, 1.807) is 12.3 Å². The fourth-order valence-electron chi connectivity index (χ4n) is 1.62. The largest absolute Gasteiger partial charge is 0.373 e. The van der Waals surface area contributed by atoms with Crippen LogP contribution >= 0.6 is 15.9 Å². The molecule has 0 amide bonds. The molecule has 8 heteroatoms. The highest BCUT2D eigenvalue weighted by Crippen LogP contribution is 2.29. The SMILES string of the molecule is O=[N+]([O-])c1cc(F)cc(F)c1NCc1cncc(Br)c1. The summed E-state index contributed by atoms with van der Waals surface area (Å²) in [5.41, 5.74) is -0.306. The number of halogens is 3. The standard InChI is InChI=1S/C12H8BrF2N3O2/c13-8-1-7(4-16-6-8)5-17-12-10(15)2-9(14)3-11(12)18(19)20/h1-4,6,17H,5H2.